The van der Waals surface area contributed by atoms with E-state index < -0.39 is 0 Å². The summed E-state index contributed by atoms with van der Waals surface area (Å²) >= 11 is 0. The molecule has 0 amide bonds. The largest absolute Gasteiger partial charge is 0.457 e. The Kier molecular flexibility index (Phi) is 17.9. The van der Waals surface area contributed by atoms with Gasteiger partial charge in [-0.3, -0.25) is 30.0 Å². The average molecular weight is 1140 g/mol. The summed E-state index contributed by atoms with van der Waals surface area (Å²) in [6.07, 6.45) is 24.7. The van der Waals surface area contributed by atoms with Gasteiger partial charge >= 0.3 is 0 Å². The van der Waals surface area contributed by atoms with Crippen LogP contribution in [0.3, 0.4) is 0 Å². The number of benzene rings is 9. The van der Waals surface area contributed by atoms with Crippen LogP contribution >= 0.6 is 0 Å². The lowest BCUT2D eigenvalue weighted by atomic mass is 9.91. The quantitative estimate of drug-likeness (QED) is 0.166. The molecule has 87 heavy (non-hydrogen) atoms. The Labute approximate surface area is 511 Å². The lowest BCUT2D eigenvalue weighted by Gasteiger charge is -2.25. The first-order valence-corrected chi connectivity index (χ1v) is 31.2. The van der Waals surface area contributed by atoms with Crippen molar-refractivity contribution in [1.29, 1.82) is 0 Å². The van der Waals surface area contributed by atoms with Crippen molar-refractivity contribution < 1.29 is 14.2 Å². The van der Waals surface area contributed by atoms with Crippen molar-refractivity contribution >= 4 is 37.3 Å². The van der Waals surface area contributed by atoms with Crippen molar-refractivity contribution in [1.82, 2.24) is 0 Å². The number of ether oxygens (including phenoxy) is 3. The number of hydrogen-bond acceptors (Lipinski definition) is 9. The lowest BCUT2D eigenvalue weighted by Crippen LogP contribution is -2.27. The molecular weight excluding hydrogens is 1070 g/mol. The molecule has 0 aromatic heterocycles. The topological polar surface area (TPSA) is 102 Å². The van der Waals surface area contributed by atoms with E-state index in [1.165, 1.54) is 0 Å². The van der Waals surface area contributed by atoms with Crippen LogP contribution in [0, 0.1) is 0 Å². The summed E-state index contributed by atoms with van der Waals surface area (Å²) in [5.41, 5.74) is 12.4. The molecule has 0 spiro atoms. The Morgan fingerprint density at radius 2 is 0.460 bits per heavy atom. The van der Waals surface area contributed by atoms with Crippen LogP contribution in [-0.2, 0) is 0 Å². The van der Waals surface area contributed by atoms with Crippen LogP contribution in [0.5, 0.6) is 34.5 Å². The number of nitrogens with zero attached hydrogens (tertiary/aromatic N) is 6. The van der Waals surface area contributed by atoms with Gasteiger partial charge in [0.1, 0.15) is 34.5 Å². The Balaban J connectivity index is 0.832. The molecule has 9 nitrogen and oxygen atoms in total. The molecule has 12 bridgehead atoms. The van der Waals surface area contributed by atoms with E-state index in [0.717, 1.165) is 178 Å². The molecule has 6 atom stereocenters. The minimum atomic E-state index is 0.0531. The molecular formula is C78H72N6O3. The minimum Gasteiger partial charge on any atom is -0.457 e. The monoisotopic (exact) mass is 1140 g/mol. The number of hydrogen-bond donors (Lipinski definition) is 0. The van der Waals surface area contributed by atoms with Crippen molar-refractivity contribution in [2.75, 3.05) is 0 Å². The standard InChI is InChI=1S/C78H72N6O3/c1-4-16-67(17-5-1)85-76-46-61-40-43-64(76)52-82-73-25-13-10-22-70(73)79-50-56-30-36-59(37-31-56)62-41-44-66(77(47-62)86-68-18-6-2-7-19-68)54-84-75-27-15-12-24-72(75)81-51-57-32-38-60(39-33-57)63-42-45-65(78(48-63)87-69-20-8-3-9-21-69)53-83-74-26-14-11-23-71(74)80-49-55-28-34-58(61)35-29-55/h1-9,16-21,28-54,70-75H,10-15,22-27H2/t70-,71-,72-,73-,74-,75-/m1/s1. The minimum absolute atomic E-state index is 0.0531. The van der Waals surface area contributed by atoms with E-state index in [1.54, 1.807) is 0 Å². The zero-order valence-corrected chi connectivity index (χ0v) is 49.1. The zero-order chi connectivity index (χ0) is 58.4. The van der Waals surface area contributed by atoms with E-state index in [4.69, 9.17) is 44.2 Å². The van der Waals surface area contributed by atoms with Crippen LogP contribution in [0.4, 0.5) is 0 Å². The smallest absolute Gasteiger partial charge is 0.136 e. The molecule has 432 valence electrons. The first-order valence-electron chi connectivity index (χ1n) is 31.2. The molecule has 9 aromatic carbocycles. The maximum absolute atomic E-state index is 6.63. The fourth-order valence-corrected chi connectivity index (χ4v) is 12.3. The second-order valence-corrected chi connectivity index (χ2v) is 23.3. The van der Waals surface area contributed by atoms with E-state index in [2.05, 4.69) is 127 Å². The van der Waals surface area contributed by atoms with Gasteiger partial charge in [-0.2, -0.15) is 0 Å². The molecule has 7 heterocycles. The molecule has 10 aliphatic rings. The number of aliphatic imine (C=N–C) groups is 6. The Morgan fingerprint density at radius 1 is 0.230 bits per heavy atom. The molecule has 3 saturated carbocycles. The predicted molar refractivity (Wildman–Crippen MR) is 359 cm³/mol. The SMILES string of the molecule is C1=N[C@@H]2CCCC[C@H]2N=Cc2ccc(cc2Oc2ccccc2)-c2ccc(cc2)C=N[C@@H]2CCCC[C@H]2N=Cc2ccc(cc2Oc2ccccc2)-c2ccc(cc2)C=N[C@@H]2CCCC[C@H]2N=Cc2ccc(cc2Oc2ccccc2)-c2ccc1cc2. The van der Waals surface area contributed by atoms with E-state index in [9.17, 15) is 0 Å². The van der Waals surface area contributed by atoms with Gasteiger partial charge in [0.25, 0.3) is 0 Å². The number of fused-ring (bicyclic) bond motifs is 6. The molecule has 3 aliphatic carbocycles. The van der Waals surface area contributed by atoms with E-state index in [0.29, 0.717) is 0 Å². The Bertz CT molecular complexity index is 3520. The molecule has 0 unspecified atom stereocenters. The number of para-hydroxylation sites is 3. The van der Waals surface area contributed by atoms with Crippen molar-refractivity contribution in [2.45, 2.75) is 113 Å². The van der Waals surface area contributed by atoms with Gasteiger partial charge in [-0.15, -0.1) is 0 Å². The molecule has 9 heteroatoms. The van der Waals surface area contributed by atoms with E-state index in [-0.39, 0.29) is 36.3 Å². The molecule has 0 radical (unpaired) electrons. The molecule has 9 aromatic rings. The van der Waals surface area contributed by atoms with Crippen LogP contribution in [0.2, 0.25) is 0 Å². The van der Waals surface area contributed by atoms with Gasteiger partial charge in [-0.05, 0) is 161 Å². The van der Waals surface area contributed by atoms with Gasteiger partial charge in [-0.1, -0.05) is 184 Å². The van der Waals surface area contributed by atoms with Crippen molar-refractivity contribution in [3.05, 3.63) is 252 Å². The van der Waals surface area contributed by atoms with Crippen LogP contribution in [-0.4, -0.2) is 73.5 Å². The summed E-state index contributed by atoms with van der Waals surface area (Å²) in [5, 5.41) is 0. The summed E-state index contributed by atoms with van der Waals surface area (Å²) in [6, 6.07) is 75.5. The summed E-state index contributed by atoms with van der Waals surface area (Å²) in [4.78, 5) is 31.4. The fraction of sp³-hybridized carbons (Fsp3) is 0.231. The van der Waals surface area contributed by atoms with Crippen LogP contribution < -0.4 is 14.2 Å². The third-order valence-corrected chi connectivity index (χ3v) is 17.2. The van der Waals surface area contributed by atoms with Crippen LogP contribution in [0.25, 0.3) is 33.4 Å². The second-order valence-electron chi connectivity index (χ2n) is 23.3. The molecule has 19 rings (SSSR count). The summed E-state index contributed by atoms with van der Waals surface area (Å²) in [5.74, 6) is 4.57. The fourth-order valence-electron chi connectivity index (χ4n) is 12.3. The highest BCUT2D eigenvalue weighted by atomic mass is 16.5. The first-order chi connectivity index (χ1) is 43.0. The van der Waals surface area contributed by atoms with Crippen molar-refractivity contribution in [3.63, 3.8) is 0 Å². The van der Waals surface area contributed by atoms with Gasteiger partial charge < -0.3 is 14.2 Å². The van der Waals surface area contributed by atoms with Gasteiger partial charge in [0.2, 0.25) is 0 Å². The first kappa shape index (κ1) is 56.5. The van der Waals surface area contributed by atoms with E-state index in [1.807, 2.05) is 128 Å². The highest BCUT2D eigenvalue weighted by Gasteiger charge is 2.26. The molecule has 7 aliphatic heterocycles. The normalized spacial score (nSPS) is 20.3. The van der Waals surface area contributed by atoms with Gasteiger partial charge in [0.05, 0.1) is 36.3 Å². The van der Waals surface area contributed by atoms with Gasteiger partial charge in [0, 0.05) is 54.0 Å². The molecule has 0 saturated heterocycles. The molecule has 3 fully saturated rings. The summed E-state index contributed by atoms with van der Waals surface area (Å²) in [7, 11) is 0. The van der Waals surface area contributed by atoms with Crippen molar-refractivity contribution in [2.24, 2.45) is 30.0 Å². The summed E-state index contributed by atoms with van der Waals surface area (Å²) in [6.45, 7) is 0. The third kappa shape index (κ3) is 14.6. The average Bonchev–Trinajstić information content (AvgIpc) is 3.73. The second kappa shape index (κ2) is 27.6. The predicted octanol–water partition coefficient (Wildman–Crippen LogP) is 18.9. The number of rotatable bonds is 6. The van der Waals surface area contributed by atoms with Gasteiger partial charge in [-0.25, -0.2) is 0 Å². The van der Waals surface area contributed by atoms with E-state index >= 15 is 0 Å². The third-order valence-electron chi connectivity index (χ3n) is 17.2. The highest BCUT2D eigenvalue weighted by Crippen LogP contribution is 2.36. The van der Waals surface area contributed by atoms with Crippen molar-refractivity contribution in [3.8, 4) is 67.9 Å². The Morgan fingerprint density at radius 3 is 0.713 bits per heavy atom. The lowest BCUT2D eigenvalue weighted by molar-refractivity contribution is 0.390. The summed E-state index contributed by atoms with van der Waals surface area (Å²) < 4.78 is 19.9. The maximum atomic E-state index is 6.63. The van der Waals surface area contributed by atoms with Crippen LogP contribution in [0.1, 0.15) is 110 Å². The molecule has 0 N–H and O–H groups in total. The van der Waals surface area contributed by atoms with Gasteiger partial charge in [0.15, 0.2) is 0 Å². The van der Waals surface area contributed by atoms with Crippen LogP contribution in [0.15, 0.2) is 248 Å². The zero-order valence-electron chi connectivity index (χ0n) is 49.1. The maximum Gasteiger partial charge on any atom is 0.136 e. The Hall–Kier alpha value is -9.60. The highest BCUT2D eigenvalue weighted by molar-refractivity contribution is 5.89.